The van der Waals surface area contributed by atoms with Crippen molar-refractivity contribution in [3.63, 3.8) is 0 Å². The van der Waals surface area contributed by atoms with E-state index < -0.39 is 0 Å². The topological polar surface area (TPSA) is 66.6 Å². The van der Waals surface area contributed by atoms with Crippen LogP contribution in [0.5, 0.6) is 11.5 Å². The van der Waals surface area contributed by atoms with Gasteiger partial charge in [-0.1, -0.05) is 42.5 Å². The highest BCUT2D eigenvalue weighted by molar-refractivity contribution is 5.74. The molecule has 1 fully saturated rings. The van der Waals surface area contributed by atoms with Crippen molar-refractivity contribution in [3.8, 4) is 22.8 Å². The van der Waals surface area contributed by atoms with E-state index in [1.165, 1.54) is 5.56 Å². The van der Waals surface area contributed by atoms with Gasteiger partial charge in [0.2, 0.25) is 5.56 Å². The number of rotatable bonds is 5. The maximum Gasteiger partial charge on any atom is 0.250 e. The molecule has 0 saturated carbocycles. The molecule has 3 heterocycles. The third kappa shape index (κ3) is 4.53. The number of aromatic amines is 1. The van der Waals surface area contributed by atoms with Crippen molar-refractivity contribution in [1.82, 2.24) is 4.98 Å². The average molecular weight is 466 g/mol. The highest BCUT2D eigenvalue weighted by Crippen LogP contribution is 2.43. The number of benzene rings is 3. The van der Waals surface area contributed by atoms with Gasteiger partial charge in [0, 0.05) is 54.6 Å². The predicted octanol–water partition coefficient (Wildman–Crippen LogP) is 5.19. The van der Waals surface area contributed by atoms with Crippen molar-refractivity contribution in [2.75, 3.05) is 36.5 Å². The number of hydrogen-bond donors (Lipinski definition) is 2. The third-order valence-corrected chi connectivity index (χ3v) is 6.58. The van der Waals surface area contributed by atoms with Gasteiger partial charge in [0.25, 0.3) is 0 Å². The summed E-state index contributed by atoms with van der Waals surface area (Å²) in [6.07, 6.45) is 0.771. The van der Waals surface area contributed by atoms with E-state index in [4.69, 9.17) is 9.47 Å². The quantitative estimate of drug-likeness (QED) is 0.374. The van der Waals surface area contributed by atoms with Crippen LogP contribution in [-0.4, -0.2) is 31.3 Å². The van der Waals surface area contributed by atoms with E-state index in [0.717, 1.165) is 71.3 Å². The van der Waals surface area contributed by atoms with Gasteiger partial charge in [-0.25, -0.2) is 0 Å². The lowest BCUT2D eigenvalue weighted by Gasteiger charge is -2.29. The molecule has 2 N–H and O–H groups in total. The Labute approximate surface area is 204 Å². The summed E-state index contributed by atoms with van der Waals surface area (Å²) in [5, 5.41) is 3.51. The zero-order chi connectivity index (χ0) is 23.6. The van der Waals surface area contributed by atoms with Gasteiger partial charge < -0.3 is 24.7 Å². The number of ether oxygens (including phenoxy) is 2. The van der Waals surface area contributed by atoms with Gasteiger partial charge in [-0.05, 0) is 41.5 Å². The number of para-hydroxylation sites is 1. The Morgan fingerprint density at radius 2 is 1.74 bits per heavy atom. The van der Waals surface area contributed by atoms with E-state index in [1.54, 1.807) is 6.07 Å². The van der Waals surface area contributed by atoms with Crippen LogP contribution in [0.4, 0.5) is 11.4 Å². The lowest BCUT2D eigenvalue weighted by Crippen LogP contribution is -2.36. The molecule has 0 aliphatic carbocycles. The number of anilines is 2. The van der Waals surface area contributed by atoms with Crippen LogP contribution in [-0.2, 0) is 17.7 Å². The predicted molar refractivity (Wildman–Crippen MR) is 139 cm³/mol. The molecule has 6 nitrogen and oxygen atoms in total. The smallest absolute Gasteiger partial charge is 0.250 e. The molecule has 6 rings (SSSR count). The largest absolute Gasteiger partial charge is 0.456 e. The first-order valence-corrected chi connectivity index (χ1v) is 12.0. The van der Waals surface area contributed by atoms with Gasteiger partial charge >= 0.3 is 0 Å². The number of fused-ring (bicyclic) bond motifs is 2. The van der Waals surface area contributed by atoms with Gasteiger partial charge in [0.15, 0.2) is 0 Å². The van der Waals surface area contributed by atoms with Crippen LogP contribution < -0.4 is 20.5 Å². The molecule has 6 heteroatoms. The van der Waals surface area contributed by atoms with E-state index in [0.29, 0.717) is 13.2 Å². The van der Waals surface area contributed by atoms with Crippen LogP contribution in [0.2, 0.25) is 0 Å². The zero-order valence-corrected chi connectivity index (χ0v) is 19.4. The first kappa shape index (κ1) is 21.5. The molecule has 2 aliphatic rings. The maximum absolute atomic E-state index is 12.5. The van der Waals surface area contributed by atoms with Gasteiger partial charge in [-0.3, -0.25) is 4.79 Å². The number of hydrogen-bond acceptors (Lipinski definition) is 5. The molecular formula is C29H27N3O3. The standard InChI is InChI=1S/C29H27N3O3/c33-28-18-24(32-11-13-34-14-12-32)17-26(31-28)25-8-4-7-21-15-22-16-23(9-10-27(22)35-29(21)25)30-19-20-5-2-1-3-6-20/h1-10,16-18,30H,11-15,19H2,(H,31,33). The fourth-order valence-corrected chi connectivity index (χ4v) is 4.78. The van der Waals surface area contributed by atoms with E-state index in [1.807, 2.05) is 30.3 Å². The molecule has 3 aromatic carbocycles. The summed E-state index contributed by atoms with van der Waals surface area (Å²) in [6, 6.07) is 26.4. The van der Waals surface area contributed by atoms with Crippen LogP contribution in [0.25, 0.3) is 11.3 Å². The average Bonchev–Trinajstić information content (AvgIpc) is 2.91. The molecular weight excluding hydrogens is 438 g/mol. The number of nitrogens with zero attached hydrogens (tertiary/aromatic N) is 1. The van der Waals surface area contributed by atoms with Gasteiger partial charge in [-0.15, -0.1) is 0 Å². The Hall–Kier alpha value is -4.03. The van der Waals surface area contributed by atoms with Crippen molar-refractivity contribution >= 4 is 11.4 Å². The molecule has 0 spiro atoms. The van der Waals surface area contributed by atoms with Crippen molar-refractivity contribution < 1.29 is 9.47 Å². The summed E-state index contributed by atoms with van der Waals surface area (Å²) in [5.74, 6) is 1.65. The van der Waals surface area contributed by atoms with Crippen LogP contribution in [0, 0.1) is 0 Å². The van der Waals surface area contributed by atoms with Crippen LogP contribution >= 0.6 is 0 Å². The van der Waals surface area contributed by atoms with Gasteiger partial charge in [-0.2, -0.15) is 0 Å². The molecule has 0 radical (unpaired) electrons. The summed E-state index contributed by atoms with van der Waals surface area (Å²) in [7, 11) is 0. The van der Waals surface area contributed by atoms with E-state index in [-0.39, 0.29) is 5.56 Å². The summed E-state index contributed by atoms with van der Waals surface area (Å²) in [4.78, 5) is 17.7. The molecule has 4 aromatic rings. The lowest BCUT2D eigenvalue weighted by atomic mass is 9.96. The summed E-state index contributed by atoms with van der Waals surface area (Å²) < 4.78 is 11.9. The van der Waals surface area contributed by atoms with Crippen molar-refractivity contribution in [2.24, 2.45) is 0 Å². The summed E-state index contributed by atoms with van der Waals surface area (Å²) in [5.41, 5.74) is 7.01. The Morgan fingerprint density at radius 3 is 2.60 bits per heavy atom. The number of nitrogens with one attached hydrogen (secondary N) is 2. The van der Waals surface area contributed by atoms with E-state index >= 15 is 0 Å². The number of H-pyrrole nitrogens is 1. The lowest BCUT2D eigenvalue weighted by molar-refractivity contribution is 0.122. The minimum atomic E-state index is -0.119. The molecule has 35 heavy (non-hydrogen) atoms. The molecule has 2 aliphatic heterocycles. The number of pyridine rings is 1. The first-order chi connectivity index (χ1) is 17.2. The monoisotopic (exact) mass is 465 g/mol. The van der Waals surface area contributed by atoms with E-state index in [9.17, 15) is 4.79 Å². The SMILES string of the molecule is O=c1cc(N2CCOCC2)cc(-c2cccc3c2Oc2ccc(NCc4ccccc4)cc2C3)[nH]1. The Balaban J connectivity index is 1.27. The fraction of sp³-hybridized carbons (Fsp3) is 0.207. The fourth-order valence-electron chi connectivity index (χ4n) is 4.78. The minimum Gasteiger partial charge on any atom is -0.456 e. The van der Waals surface area contributed by atoms with Crippen LogP contribution in [0.1, 0.15) is 16.7 Å². The second-order valence-electron chi connectivity index (χ2n) is 8.95. The molecule has 0 atom stereocenters. The summed E-state index contributed by atoms with van der Waals surface area (Å²) >= 11 is 0. The highest BCUT2D eigenvalue weighted by Gasteiger charge is 2.22. The van der Waals surface area contributed by atoms with E-state index in [2.05, 4.69) is 57.7 Å². The number of morpholine rings is 1. The van der Waals surface area contributed by atoms with Gasteiger partial charge in [0.1, 0.15) is 11.5 Å². The second-order valence-corrected chi connectivity index (χ2v) is 8.95. The molecule has 0 unspecified atom stereocenters. The molecule has 176 valence electrons. The van der Waals surface area contributed by atoms with Crippen molar-refractivity contribution in [2.45, 2.75) is 13.0 Å². The molecule has 1 aromatic heterocycles. The normalized spacial score (nSPS) is 14.6. The second kappa shape index (κ2) is 9.31. The Bertz CT molecular complexity index is 1410. The molecule has 0 amide bonds. The van der Waals surface area contributed by atoms with Crippen molar-refractivity contribution in [1.29, 1.82) is 0 Å². The minimum absolute atomic E-state index is 0.119. The first-order valence-electron chi connectivity index (χ1n) is 12.0. The van der Waals surface area contributed by atoms with Crippen LogP contribution in [0.15, 0.2) is 83.7 Å². The highest BCUT2D eigenvalue weighted by atomic mass is 16.5. The van der Waals surface area contributed by atoms with Crippen LogP contribution in [0.3, 0.4) is 0 Å². The third-order valence-electron chi connectivity index (χ3n) is 6.58. The maximum atomic E-state index is 12.5. The zero-order valence-electron chi connectivity index (χ0n) is 19.4. The van der Waals surface area contributed by atoms with Crippen molar-refractivity contribution in [3.05, 3.63) is 106 Å². The Kier molecular flexibility index (Phi) is 5.72. The molecule has 0 bridgehead atoms. The molecule has 1 saturated heterocycles. The summed E-state index contributed by atoms with van der Waals surface area (Å²) in [6.45, 7) is 3.67. The van der Waals surface area contributed by atoms with Gasteiger partial charge in [0.05, 0.1) is 18.9 Å². The Morgan fingerprint density at radius 1 is 0.886 bits per heavy atom. The number of aromatic nitrogens is 1.